The largest absolute Gasteiger partial charge is 0.493 e. The van der Waals surface area contributed by atoms with E-state index in [2.05, 4.69) is 4.74 Å². The number of allylic oxidation sites excluding steroid dienone is 1. The smallest absolute Gasteiger partial charge is 0.348 e. The number of benzene rings is 3. The van der Waals surface area contributed by atoms with Gasteiger partial charge in [-0.25, -0.2) is 14.4 Å². The summed E-state index contributed by atoms with van der Waals surface area (Å²) in [6, 6.07) is 26.5. The first kappa shape index (κ1) is 84.5. The number of Topliss-reactive ketones (excluding diaryl/α,β-unsaturated/α-hetero) is 2. The van der Waals surface area contributed by atoms with Crippen molar-refractivity contribution in [1.29, 1.82) is 0 Å². The number of aromatic carboxylic acids is 1. The van der Waals surface area contributed by atoms with E-state index in [0.29, 0.717) is 97.6 Å². The number of thiophene rings is 3. The molecule has 20 nitrogen and oxygen atoms in total. The van der Waals surface area contributed by atoms with Gasteiger partial charge in [-0.3, -0.25) is 28.8 Å². The lowest BCUT2D eigenvalue weighted by Crippen LogP contribution is -2.21. The van der Waals surface area contributed by atoms with Crippen LogP contribution in [0.1, 0.15) is 165 Å². The molecule has 6 atom stereocenters. The SMILES string of the molecule is C1CCOC1.CCOC(C)=O.COC(=O)c1ccc(CCC[C@H]2C(=O)C=C[C@@H]2COc2cc(Cl)cc(COC(C)=O)c2)s1.COC(=O)c1ccc(CCC[C@H]2C(=O)CC[C@@H]2COc2cc(Cl)cc(COC(C)=O)c2)s1.O=C(O)c1ccc(CCC[C@H]2C(=O)CC[C@@H]2COc2cc(Cl)cc(CO)c2)s1. The average molecular weight is 1540 g/mol. The molecule has 558 valence electrons. The number of halogens is 3. The fraction of sp³-hybridized carbons (Fsp3) is 0.468. The van der Waals surface area contributed by atoms with Crippen molar-refractivity contribution in [3.63, 3.8) is 0 Å². The molecule has 103 heavy (non-hydrogen) atoms. The number of aliphatic hydroxyl groups is 1. The fourth-order valence-corrected chi connectivity index (χ4v) is 15.5. The predicted octanol–water partition coefficient (Wildman–Crippen LogP) is 16.2. The summed E-state index contributed by atoms with van der Waals surface area (Å²) in [6.45, 7) is 9.75. The minimum Gasteiger partial charge on any atom is -0.493 e. The Hall–Kier alpha value is -7.48. The molecule has 0 radical (unpaired) electrons. The van der Waals surface area contributed by atoms with E-state index in [1.807, 2.05) is 24.3 Å². The molecular weight excluding hydrogens is 1450 g/mol. The molecule has 1 aliphatic heterocycles. The second-order valence-corrected chi connectivity index (χ2v) is 29.6. The zero-order valence-corrected chi connectivity index (χ0v) is 63.6. The van der Waals surface area contributed by atoms with Gasteiger partial charge >= 0.3 is 35.8 Å². The van der Waals surface area contributed by atoms with E-state index in [1.54, 1.807) is 85.8 Å². The second kappa shape index (κ2) is 45.0. The Morgan fingerprint density at radius 2 is 0.922 bits per heavy atom. The maximum absolute atomic E-state index is 12.4. The first-order chi connectivity index (χ1) is 49.4. The zero-order valence-electron chi connectivity index (χ0n) is 58.9. The molecule has 3 aromatic carbocycles. The lowest BCUT2D eigenvalue weighted by molar-refractivity contribution is -0.143. The average Bonchev–Trinajstić information content (AvgIpc) is 1.81. The fourth-order valence-electron chi connectivity index (χ4n) is 12.0. The van der Waals surface area contributed by atoms with Gasteiger partial charge in [0, 0.05) is 112 Å². The van der Waals surface area contributed by atoms with E-state index in [1.165, 1.54) is 81.8 Å². The van der Waals surface area contributed by atoms with Crippen LogP contribution in [-0.2, 0) is 96.3 Å². The summed E-state index contributed by atoms with van der Waals surface area (Å²) >= 11 is 22.5. The van der Waals surface area contributed by atoms with E-state index in [4.69, 9.17) is 77.8 Å². The van der Waals surface area contributed by atoms with Gasteiger partial charge in [0.05, 0.1) is 47.3 Å². The van der Waals surface area contributed by atoms with Crippen molar-refractivity contribution in [2.75, 3.05) is 53.9 Å². The summed E-state index contributed by atoms with van der Waals surface area (Å²) in [4.78, 5) is 108. The molecule has 2 saturated carbocycles. The summed E-state index contributed by atoms with van der Waals surface area (Å²) in [5.41, 5.74) is 2.18. The van der Waals surface area contributed by atoms with Crippen molar-refractivity contribution in [2.24, 2.45) is 35.5 Å². The Kier molecular flexibility index (Phi) is 36.9. The Morgan fingerprint density at radius 1 is 0.524 bits per heavy atom. The van der Waals surface area contributed by atoms with Crippen molar-refractivity contribution in [3.05, 3.63) is 164 Å². The zero-order chi connectivity index (χ0) is 74.8. The number of hydrogen-bond donors (Lipinski definition) is 2. The lowest BCUT2D eigenvalue weighted by Gasteiger charge is -2.19. The summed E-state index contributed by atoms with van der Waals surface area (Å²) in [6.07, 6.45) is 16.2. The van der Waals surface area contributed by atoms with Crippen LogP contribution in [0.25, 0.3) is 0 Å². The summed E-state index contributed by atoms with van der Waals surface area (Å²) < 4.78 is 46.7. The minimum atomic E-state index is -0.898. The molecule has 10 rings (SSSR count). The number of ether oxygens (including phenoxy) is 9. The molecule has 0 unspecified atom stereocenters. The molecule has 3 fully saturated rings. The third kappa shape index (κ3) is 30.3. The van der Waals surface area contributed by atoms with E-state index >= 15 is 0 Å². The van der Waals surface area contributed by atoms with Crippen molar-refractivity contribution in [1.82, 2.24) is 0 Å². The monoisotopic (exact) mass is 1540 g/mol. The van der Waals surface area contributed by atoms with Gasteiger partial charge in [-0.15, -0.1) is 34.0 Å². The van der Waals surface area contributed by atoms with Crippen LogP contribution >= 0.6 is 68.8 Å². The molecule has 0 bridgehead atoms. The molecule has 6 aromatic rings. The van der Waals surface area contributed by atoms with Gasteiger partial charge in [-0.05, 0) is 204 Å². The van der Waals surface area contributed by atoms with Gasteiger partial charge in [0.1, 0.15) is 56.7 Å². The van der Waals surface area contributed by atoms with Crippen molar-refractivity contribution in [3.8, 4) is 17.2 Å². The van der Waals surface area contributed by atoms with Crippen LogP contribution in [-0.4, -0.2) is 117 Å². The highest BCUT2D eigenvalue weighted by Crippen LogP contribution is 2.37. The first-order valence-corrected chi connectivity index (χ1v) is 37.8. The maximum atomic E-state index is 12.4. The molecule has 0 amide bonds. The van der Waals surface area contributed by atoms with Crippen LogP contribution in [0, 0.1) is 35.5 Å². The second-order valence-electron chi connectivity index (χ2n) is 24.8. The highest BCUT2D eigenvalue weighted by Gasteiger charge is 2.36. The van der Waals surface area contributed by atoms with Crippen LogP contribution in [0.3, 0.4) is 0 Å². The number of aliphatic hydroxyl groups excluding tert-OH is 1. The van der Waals surface area contributed by atoms with Gasteiger partial charge in [-0.1, -0.05) is 40.9 Å². The van der Waals surface area contributed by atoms with E-state index < -0.39 is 5.97 Å². The molecule has 1 saturated heterocycles. The Labute approximate surface area is 628 Å². The topological polar surface area (TPSA) is 277 Å². The maximum Gasteiger partial charge on any atom is 0.348 e. The van der Waals surface area contributed by atoms with E-state index in [9.17, 15) is 48.3 Å². The number of rotatable bonds is 30. The third-order valence-corrected chi connectivity index (χ3v) is 21.1. The quantitative estimate of drug-likeness (QED) is 0.0313. The van der Waals surface area contributed by atoms with Gasteiger partial charge < -0.3 is 52.8 Å². The van der Waals surface area contributed by atoms with Gasteiger partial charge in [0.15, 0.2) is 5.78 Å². The highest BCUT2D eigenvalue weighted by atomic mass is 35.5. The number of esters is 5. The molecule has 3 aliphatic carbocycles. The Bertz CT molecular complexity index is 3730. The van der Waals surface area contributed by atoms with Crippen LogP contribution < -0.4 is 14.2 Å². The number of hydrogen-bond acceptors (Lipinski definition) is 22. The first-order valence-electron chi connectivity index (χ1n) is 34.2. The van der Waals surface area contributed by atoms with Gasteiger partial charge in [-0.2, -0.15) is 0 Å². The van der Waals surface area contributed by atoms with Crippen molar-refractivity contribution in [2.45, 2.75) is 144 Å². The number of methoxy groups -OCH3 is 2. The highest BCUT2D eigenvalue weighted by molar-refractivity contribution is 7.14. The minimum absolute atomic E-state index is 0.0181. The molecule has 2 N–H and O–H groups in total. The molecule has 26 heteroatoms. The van der Waals surface area contributed by atoms with E-state index in [0.717, 1.165) is 110 Å². The summed E-state index contributed by atoms with van der Waals surface area (Å²) in [7, 11) is 2.74. The van der Waals surface area contributed by atoms with Crippen molar-refractivity contribution < 1.29 is 96.0 Å². The van der Waals surface area contributed by atoms with E-state index in [-0.39, 0.29) is 96.7 Å². The predicted molar refractivity (Wildman–Crippen MR) is 395 cm³/mol. The molecular formula is C77H91Cl3O20S3. The van der Waals surface area contributed by atoms with Crippen LogP contribution in [0.15, 0.2) is 103 Å². The molecule has 4 heterocycles. The number of carboxylic acid groups (broad SMARTS) is 1. The summed E-state index contributed by atoms with van der Waals surface area (Å²) in [5, 5.41) is 19.8. The number of carbonyl (C=O) groups excluding carboxylic acids is 8. The summed E-state index contributed by atoms with van der Waals surface area (Å²) in [5.74, 6) is 0.131. The third-order valence-electron chi connectivity index (χ3n) is 17.1. The number of carboxylic acids is 1. The van der Waals surface area contributed by atoms with Crippen LogP contribution in [0.5, 0.6) is 17.2 Å². The Morgan fingerprint density at radius 3 is 1.29 bits per heavy atom. The van der Waals surface area contributed by atoms with Gasteiger partial charge in [0.2, 0.25) is 0 Å². The Balaban J connectivity index is 0.000000225. The van der Waals surface area contributed by atoms with Crippen LogP contribution in [0.2, 0.25) is 15.1 Å². The lowest BCUT2D eigenvalue weighted by atomic mass is 9.90. The van der Waals surface area contributed by atoms with Gasteiger partial charge in [0.25, 0.3) is 0 Å². The standard InChI is InChI=1S/C24H27ClO6S.C24H25ClO6S.C21H23ClO5S.C4H8O2.C4H8O/c2*1-15(26)30-13-16-10-18(25)12-19(11-16)31-14-17-6-8-22(27)21(17)5-3-4-20-7-9-23(32-20)24(28)29-2;22-15-8-13(11-23)9-16(10-15)27-12-14-4-6-19(24)18(14)3-1-2-17-5-7-20(28-17)21(25)26;1-3-6-4(2)5;1-2-4-5-3-1/h7,9-12,17,21H,3-6,8,13-14H2,1-2H3;6-12,17,21H,3-5,13-14H2,1-2H3;5,7-10,14,18,23H,1-4,6,11-12H2,(H,25,26);3H2,1-2H3;1-4H2/t2*17-,21-;14-,18-;;/m111../s1. The number of ketones is 3. The molecule has 3 aromatic heterocycles. The number of aryl methyl sites for hydroxylation is 3. The number of carbonyl (C=O) groups is 9. The normalized spacial score (nSPS) is 17.8. The molecule has 4 aliphatic rings. The molecule has 0 spiro atoms. The van der Waals surface area contributed by atoms with Crippen LogP contribution in [0.4, 0.5) is 0 Å². The van der Waals surface area contributed by atoms with Crippen molar-refractivity contribution >= 4 is 122 Å².